The summed E-state index contributed by atoms with van der Waals surface area (Å²) in [6, 6.07) is 1.97. The molecule has 0 atom stereocenters. The van der Waals surface area contributed by atoms with Crippen molar-refractivity contribution in [2.75, 3.05) is 37.6 Å². The first-order valence-corrected chi connectivity index (χ1v) is 6.12. The average molecular weight is 249 g/mol. The molecule has 1 aliphatic heterocycles. The quantitative estimate of drug-likeness (QED) is 0.796. The monoisotopic (exact) mass is 249 g/mol. The fraction of sp³-hybridized carbons (Fsp3) is 0.583. The Morgan fingerprint density at radius 2 is 1.78 bits per heavy atom. The summed E-state index contributed by atoms with van der Waals surface area (Å²) in [5.41, 5.74) is 7.16. The van der Waals surface area contributed by atoms with Gasteiger partial charge < -0.3 is 10.6 Å². The third-order valence-corrected chi connectivity index (χ3v) is 3.01. The number of nitrogens with zero attached hydrogens (tertiary/aromatic N) is 4. The van der Waals surface area contributed by atoms with Gasteiger partial charge in [-0.3, -0.25) is 9.69 Å². The number of amides is 1. The van der Waals surface area contributed by atoms with Crippen molar-refractivity contribution in [1.82, 2.24) is 14.9 Å². The zero-order valence-corrected chi connectivity index (χ0v) is 10.9. The van der Waals surface area contributed by atoms with Gasteiger partial charge in [0.1, 0.15) is 0 Å². The number of carbonyl (C=O) groups is 1. The van der Waals surface area contributed by atoms with Crippen molar-refractivity contribution in [1.29, 1.82) is 0 Å². The summed E-state index contributed by atoms with van der Waals surface area (Å²) in [5, 5.41) is 0. The lowest BCUT2D eigenvalue weighted by Gasteiger charge is -2.34. The topological polar surface area (TPSA) is 75.3 Å². The van der Waals surface area contributed by atoms with E-state index >= 15 is 0 Å². The van der Waals surface area contributed by atoms with Crippen molar-refractivity contribution in [3.8, 4) is 0 Å². The van der Waals surface area contributed by atoms with Crippen LogP contribution in [0.1, 0.15) is 11.4 Å². The van der Waals surface area contributed by atoms with Crippen LogP contribution in [0.4, 0.5) is 5.95 Å². The molecule has 6 heteroatoms. The Morgan fingerprint density at radius 1 is 1.22 bits per heavy atom. The summed E-state index contributed by atoms with van der Waals surface area (Å²) in [6.45, 7) is 7.58. The fourth-order valence-electron chi connectivity index (χ4n) is 2.18. The third kappa shape index (κ3) is 3.16. The van der Waals surface area contributed by atoms with E-state index in [1.807, 2.05) is 19.9 Å². The molecule has 1 aromatic heterocycles. The smallest absolute Gasteiger partial charge is 0.231 e. The van der Waals surface area contributed by atoms with Crippen LogP contribution in [0.15, 0.2) is 6.07 Å². The van der Waals surface area contributed by atoms with Crippen molar-refractivity contribution < 1.29 is 4.79 Å². The van der Waals surface area contributed by atoms with E-state index in [4.69, 9.17) is 5.73 Å². The highest BCUT2D eigenvalue weighted by Gasteiger charge is 2.20. The van der Waals surface area contributed by atoms with Gasteiger partial charge in [-0.25, -0.2) is 9.97 Å². The van der Waals surface area contributed by atoms with Crippen LogP contribution in [0.3, 0.4) is 0 Å². The number of hydrogen-bond donors (Lipinski definition) is 1. The van der Waals surface area contributed by atoms with Gasteiger partial charge in [-0.05, 0) is 19.9 Å². The number of rotatable bonds is 3. The van der Waals surface area contributed by atoms with Gasteiger partial charge in [0.2, 0.25) is 11.9 Å². The van der Waals surface area contributed by atoms with Crippen molar-refractivity contribution >= 4 is 11.9 Å². The van der Waals surface area contributed by atoms with E-state index in [0.29, 0.717) is 6.54 Å². The minimum atomic E-state index is -0.272. The van der Waals surface area contributed by atoms with Crippen molar-refractivity contribution in [2.45, 2.75) is 13.8 Å². The average Bonchev–Trinajstić information content (AvgIpc) is 2.27. The molecule has 0 spiro atoms. The van der Waals surface area contributed by atoms with Crippen molar-refractivity contribution in [3.63, 3.8) is 0 Å². The van der Waals surface area contributed by atoms with Gasteiger partial charge in [0.05, 0.1) is 6.54 Å². The number of aryl methyl sites for hydroxylation is 2. The van der Waals surface area contributed by atoms with Crippen LogP contribution < -0.4 is 10.6 Å². The molecule has 1 fully saturated rings. The zero-order valence-electron chi connectivity index (χ0n) is 10.9. The lowest BCUT2D eigenvalue weighted by Crippen LogP contribution is -2.49. The summed E-state index contributed by atoms with van der Waals surface area (Å²) < 4.78 is 0. The maximum atomic E-state index is 10.9. The summed E-state index contributed by atoms with van der Waals surface area (Å²) in [5.74, 6) is 0.511. The number of aromatic nitrogens is 2. The molecule has 1 aromatic rings. The second kappa shape index (κ2) is 5.30. The summed E-state index contributed by atoms with van der Waals surface area (Å²) in [6.07, 6.45) is 0. The Labute approximate surface area is 107 Å². The minimum Gasteiger partial charge on any atom is -0.369 e. The van der Waals surface area contributed by atoms with Gasteiger partial charge in [-0.1, -0.05) is 0 Å². The van der Waals surface area contributed by atoms with E-state index in [0.717, 1.165) is 43.5 Å². The molecule has 0 unspecified atom stereocenters. The van der Waals surface area contributed by atoms with E-state index in [1.54, 1.807) is 0 Å². The first-order valence-electron chi connectivity index (χ1n) is 6.12. The fourth-order valence-corrected chi connectivity index (χ4v) is 2.18. The highest BCUT2D eigenvalue weighted by atomic mass is 16.1. The van der Waals surface area contributed by atoms with Crippen molar-refractivity contribution in [3.05, 3.63) is 17.5 Å². The molecular formula is C12H19N5O. The molecule has 0 aromatic carbocycles. The first-order chi connectivity index (χ1) is 8.54. The Morgan fingerprint density at radius 3 is 2.28 bits per heavy atom. The molecule has 6 nitrogen and oxygen atoms in total. The van der Waals surface area contributed by atoms with Crippen LogP contribution >= 0.6 is 0 Å². The number of carbonyl (C=O) groups excluding carboxylic acids is 1. The van der Waals surface area contributed by atoms with E-state index < -0.39 is 0 Å². The highest BCUT2D eigenvalue weighted by molar-refractivity contribution is 5.75. The lowest BCUT2D eigenvalue weighted by molar-refractivity contribution is -0.119. The van der Waals surface area contributed by atoms with Crippen LogP contribution in [0.25, 0.3) is 0 Å². The molecule has 1 amide bonds. The molecule has 98 valence electrons. The van der Waals surface area contributed by atoms with E-state index in [9.17, 15) is 4.79 Å². The third-order valence-electron chi connectivity index (χ3n) is 3.01. The largest absolute Gasteiger partial charge is 0.369 e. The highest BCUT2D eigenvalue weighted by Crippen LogP contribution is 2.12. The molecule has 0 saturated carbocycles. The Bertz CT molecular complexity index is 420. The van der Waals surface area contributed by atoms with Gasteiger partial charge in [-0.2, -0.15) is 0 Å². The number of primary amides is 1. The van der Waals surface area contributed by atoms with E-state index in [1.165, 1.54) is 0 Å². The summed E-state index contributed by atoms with van der Waals surface area (Å²) in [4.78, 5) is 24.0. The molecule has 0 aliphatic carbocycles. The molecule has 0 radical (unpaired) electrons. The van der Waals surface area contributed by atoms with Gasteiger partial charge in [0, 0.05) is 37.6 Å². The maximum absolute atomic E-state index is 10.9. The molecule has 18 heavy (non-hydrogen) atoms. The molecule has 1 aliphatic rings. The molecule has 0 bridgehead atoms. The maximum Gasteiger partial charge on any atom is 0.231 e. The molecule has 2 heterocycles. The number of nitrogens with two attached hydrogens (primary N) is 1. The summed E-state index contributed by atoms with van der Waals surface area (Å²) >= 11 is 0. The predicted molar refractivity (Wildman–Crippen MR) is 69.4 cm³/mol. The van der Waals surface area contributed by atoms with Gasteiger partial charge in [-0.15, -0.1) is 0 Å². The normalized spacial score (nSPS) is 16.9. The van der Waals surface area contributed by atoms with Crippen LogP contribution in [0.5, 0.6) is 0 Å². The van der Waals surface area contributed by atoms with Gasteiger partial charge in [0.25, 0.3) is 0 Å². The van der Waals surface area contributed by atoms with Gasteiger partial charge >= 0.3 is 0 Å². The van der Waals surface area contributed by atoms with E-state index in [2.05, 4.69) is 19.8 Å². The van der Waals surface area contributed by atoms with Crippen molar-refractivity contribution in [2.24, 2.45) is 5.73 Å². The SMILES string of the molecule is Cc1cc(C)nc(N2CCN(CC(N)=O)CC2)n1. The van der Waals surface area contributed by atoms with E-state index in [-0.39, 0.29) is 5.91 Å². The lowest BCUT2D eigenvalue weighted by atomic mass is 10.3. The predicted octanol–water partition coefficient (Wildman–Crippen LogP) is -0.299. The number of hydrogen-bond acceptors (Lipinski definition) is 5. The van der Waals surface area contributed by atoms with Gasteiger partial charge in [0.15, 0.2) is 0 Å². The Balaban J connectivity index is 1.98. The first kappa shape index (κ1) is 12.8. The van der Waals surface area contributed by atoms with Crippen LogP contribution in [-0.2, 0) is 4.79 Å². The molecule has 1 saturated heterocycles. The molecular weight excluding hydrogens is 230 g/mol. The summed E-state index contributed by atoms with van der Waals surface area (Å²) in [7, 11) is 0. The number of piperazine rings is 1. The second-order valence-corrected chi connectivity index (χ2v) is 4.68. The van der Waals surface area contributed by atoms with Crippen LogP contribution in [0, 0.1) is 13.8 Å². The van der Waals surface area contributed by atoms with Crippen LogP contribution in [-0.4, -0.2) is 53.5 Å². The van der Waals surface area contributed by atoms with Crippen LogP contribution in [0.2, 0.25) is 0 Å². The Hall–Kier alpha value is -1.69. The number of anilines is 1. The minimum absolute atomic E-state index is 0.272. The molecule has 2 N–H and O–H groups in total. The second-order valence-electron chi connectivity index (χ2n) is 4.68. The Kier molecular flexibility index (Phi) is 3.76. The molecule has 2 rings (SSSR count). The standard InChI is InChI=1S/C12H19N5O/c1-9-7-10(2)15-12(14-9)17-5-3-16(4-6-17)8-11(13)18/h7H,3-6,8H2,1-2H3,(H2,13,18). The zero-order chi connectivity index (χ0) is 13.1.